The molecule has 21 heavy (non-hydrogen) atoms. The van der Waals surface area contributed by atoms with Crippen LogP contribution in [0.1, 0.15) is 0 Å². The SMILES string of the molecule is CSc1ccc(N2C(=O)OC[C@H]2COc2ccon2)cc1. The lowest BCUT2D eigenvalue weighted by Crippen LogP contribution is -2.37. The van der Waals surface area contributed by atoms with Crippen LogP contribution in [0.25, 0.3) is 0 Å². The molecular formula is C14H14N2O4S. The summed E-state index contributed by atoms with van der Waals surface area (Å²) in [5, 5.41) is 3.67. The second kappa shape index (κ2) is 6.09. The maximum atomic E-state index is 11.9. The number of ether oxygens (including phenoxy) is 2. The predicted molar refractivity (Wildman–Crippen MR) is 77.8 cm³/mol. The van der Waals surface area contributed by atoms with Crippen molar-refractivity contribution in [2.75, 3.05) is 24.4 Å². The van der Waals surface area contributed by atoms with Crippen LogP contribution in [-0.4, -0.2) is 36.8 Å². The number of cyclic esters (lactones) is 1. The minimum absolute atomic E-state index is 0.186. The van der Waals surface area contributed by atoms with Crippen LogP contribution in [-0.2, 0) is 4.74 Å². The highest BCUT2D eigenvalue weighted by atomic mass is 32.2. The summed E-state index contributed by atoms with van der Waals surface area (Å²) in [5.74, 6) is 0.395. The van der Waals surface area contributed by atoms with Gasteiger partial charge in [-0.25, -0.2) is 4.79 Å². The molecule has 2 heterocycles. The topological polar surface area (TPSA) is 64.8 Å². The molecule has 0 aliphatic carbocycles. The summed E-state index contributed by atoms with van der Waals surface area (Å²) in [5.41, 5.74) is 0.795. The molecule has 0 bridgehead atoms. The van der Waals surface area contributed by atoms with Gasteiger partial charge in [0.2, 0.25) is 0 Å². The van der Waals surface area contributed by atoms with E-state index >= 15 is 0 Å². The van der Waals surface area contributed by atoms with Gasteiger partial charge in [-0.1, -0.05) is 0 Å². The summed E-state index contributed by atoms with van der Waals surface area (Å²) in [4.78, 5) is 14.7. The van der Waals surface area contributed by atoms with Gasteiger partial charge in [0, 0.05) is 16.6 Å². The second-order valence-corrected chi connectivity index (χ2v) is 5.33. The van der Waals surface area contributed by atoms with Crippen LogP contribution in [0, 0.1) is 0 Å². The van der Waals surface area contributed by atoms with Crippen molar-refractivity contribution in [3.8, 4) is 5.88 Å². The highest BCUT2D eigenvalue weighted by Gasteiger charge is 2.34. The number of thioether (sulfide) groups is 1. The Hall–Kier alpha value is -2.15. The third kappa shape index (κ3) is 2.97. The fourth-order valence-corrected chi connectivity index (χ4v) is 2.51. The Morgan fingerprint density at radius 1 is 1.38 bits per heavy atom. The summed E-state index contributed by atoms with van der Waals surface area (Å²) < 4.78 is 15.3. The molecule has 1 fully saturated rings. The molecule has 1 amide bonds. The van der Waals surface area contributed by atoms with E-state index in [1.54, 1.807) is 22.7 Å². The van der Waals surface area contributed by atoms with Crippen molar-refractivity contribution in [1.82, 2.24) is 5.16 Å². The van der Waals surface area contributed by atoms with E-state index in [1.807, 2.05) is 30.5 Å². The first-order valence-electron chi connectivity index (χ1n) is 6.41. The Balaban J connectivity index is 1.72. The molecular weight excluding hydrogens is 292 g/mol. The van der Waals surface area contributed by atoms with Crippen molar-refractivity contribution >= 4 is 23.5 Å². The Morgan fingerprint density at radius 3 is 2.86 bits per heavy atom. The third-order valence-electron chi connectivity index (χ3n) is 3.15. The first-order chi connectivity index (χ1) is 10.3. The van der Waals surface area contributed by atoms with E-state index in [2.05, 4.69) is 5.16 Å². The lowest BCUT2D eigenvalue weighted by molar-refractivity contribution is 0.174. The molecule has 0 saturated carbocycles. The molecule has 1 saturated heterocycles. The van der Waals surface area contributed by atoms with Gasteiger partial charge >= 0.3 is 6.09 Å². The number of carbonyl (C=O) groups is 1. The van der Waals surface area contributed by atoms with E-state index in [1.165, 1.54) is 6.26 Å². The molecule has 0 radical (unpaired) electrons. The molecule has 110 valence electrons. The van der Waals surface area contributed by atoms with Gasteiger partial charge in [0.25, 0.3) is 5.88 Å². The van der Waals surface area contributed by atoms with E-state index in [9.17, 15) is 4.79 Å². The van der Waals surface area contributed by atoms with Crippen LogP contribution in [0.5, 0.6) is 5.88 Å². The number of hydrogen-bond donors (Lipinski definition) is 0. The van der Waals surface area contributed by atoms with Crippen LogP contribution in [0.3, 0.4) is 0 Å². The monoisotopic (exact) mass is 306 g/mol. The molecule has 1 aliphatic heterocycles. The highest BCUT2D eigenvalue weighted by Crippen LogP contribution is 2.26. The molecule has 0 spiro atoms. The van der Waals surface area contributed by atoms with Gasteiger partial charge in [-0.05, 0) is 35.7 Å². The van der Waals surface area contributed by atoms with E-state index in [0.29, 0.717) is 19.1 Å². The van der Waals surface area contributed by atoms with Crippen LogP contribution < -0.4 is 9.64 Å². The van der Waals surface area contributed by atoms with Crippen molar-refractivity contribution in [3.05, 3.63) is 36.6 Å². The minimum Gasteiger partial charge on any atom is -0.473 e. The van der Waals surface area contributed by atoms with Gasteiger partial charge in [-0.15, -0.1) is 11.8 Å². The van der Waals surface area contributed by atoms with E-state index in [4.69, 9.17) is 14.0 Å². The highest BCUT2D eigenvalue weighted by molar-refractivity contribution is 7.98. The molecule has 2 aromatic rings. The molecule has 1 aliphatic rings. The summed E-state index contributed by atoms with van der Waals surface area (Å²) in [6, 6.07) is 9.19. The van der Waals surface area contributed by atoms with Crippen molar-refractivity contribution in [2.24, 2.45) is 0 Å². The zero-order valence-electron chi connectivity index (χ0n) is 11.4. The van der Waals surface area contributed by atoms with Crippen LogP contribution >= 0.6 is 11.8 Å². The van der Waals surface area contributed by atoms with Crippen LogP contribution in [0.2, 0.25) is 0 Å². The number of carbonyl (C=O) groups excluding carboxylic acids is 1. The van der Waals surface area contributed by atoms with Gasteiger partial charge in [-0.2, -0.15) is 0 Å². The summed E-state index contributed by atoms with van der Waals surface area (Å²) in [6.45, 7) is 0.587. The predicted octanol–water partition coefficient (Wildman–Crippen LogP) is 2.80. The summed E-state index contributed by atoms with van der Waals surface area (Å²) in [7, 11) is 0. The molecule has 1 atom stereocenters. The van der Waals surface area contributed by atoms with E-state index < -0.39 is 0 Å². The fourth-order valence-electron chi connectivity index (χ4n) is 2.10. The van der Waals surface area contributed by atoms with Gasteiger partial charge in [-0.3, -0.25) is 4.90 Å². The lowest BCUT2D eigenvalue weighted by Gasteiger charge is -2.21. The molecule has 0 N–H and O–H groups in total. The van der Waals surface area contributed by atoms with Crippen LogP contribution in [0.4, 0.5) is 10.5 Å². The summed E-state index contributed by atoms with van der Waals surface area (Å²) >= 11 is 1.65. The number of aromatic nitrogens is 1. The molecule has 6 nitrogen and oxygen atoms in total. The van der Waals surface area contributed by atoms with Crippen molar-refractivity contribution in [3.63, 3.8) is 0 Å². The number of anilines is 1. The Morgan fingerprint density at radius 2 is 2.19 bits per heavy atom. The number of hydrogen-bond acceptors (Lipinski definition) is 6. The van der Waals surface area contributed by atoms with Crippen molar-refractivity contribution in [2.45, 2.75) is 10.9 Å². The Kier molecular flexibility index (Phi) is 4.01. The quantitative estimate of drug-likeness (QED) is 0.791. The molecule has 1 aromatic heterocycles. The van der Waals surface area contributed by atoms with Gasteiger partial charge in [0.15, 0.2) is 0 Å². The van der Waals surface area contributed by atoms with Crippen molar-refractivity contribution in [1.29, 1.82) is 0 Å². The largest absolute Gasteiger partial charge is 0.473 e. The van der Waals surface area contributed by atoms with Crippen LogP contribution in [0.15, 0.2) is 46.0 Å². The smallest absolute Gasteiger partial charge is 0.414 e. The molecule has 1 aromatic carbocycles. The van der Waals surface area contributed by atoms with Gasteiger partial charge in [0.1, 0.15) is 25.5 Å². The average Bonchev–Trinajstić information content (AvgIpc) is 3.15. The molecule has 3 rings (SSSR count). The van der Waals surface area contributed by atoms with E-state index in [-0.39, 0.29) is 12.1 Å². The summed E-state index contributed by atoms with van der Waals surface area (Å²) in [6.07, 6.45) is 3.08. The second-order valence-electron chi connectivity index (χ2n) is 4.45. The zero-order chi connectivity index (χ0) is 14.7. The molecule has 7 heteroatoms. The lowest BCUT2D eigenvalue weighted by atomic mass is 10.2. The fraction of sp³-hybridized carbons (Fsp3) is 0.286. The first-order valence-corrected chi connectivity index (χ1v) is 7.63. The Bertz CT molecular complexity index is 600. The minimum atomic E-state index is -0.361. The maximum Gasteiger partial charge on any atom is 0.414 e. The number of nitrogens with zero attached hydrogens (tertiary/aromatic N) is 2. The normalized spacial score (nSPS) is 17.9. The number of rotatable bonds is 5. The van der Waals surface area contributed by atoms with Gasteiger partial charge in [0.05, 0.1) is 0 Å². The molecule has 0 unspecified atom stereocenters. The van der Waals surface area contributed by atoms with E-state index in [0.717, 1.165) is 10.6 Å². The standard InChI is InChI=1S/C14H14N2O4S/c1-21-12-4-2-10(3-5-12)16-11(9-19-14(16)17)8-18-13-6-7-20-15-13/h2-7,11H,8-9H2,1H3/t11-/m1/s1. The first kappa shape index (κ1) is 13.8. The number of amides is 1. The Labute approximate surface area is 126 Å². The zero-order valence-corrected chi connectivity index (χ0v) is 12.2. The maximum absolute atomic E-state index is 11.9. The van der Waals surface area contributed by atoms with Crippen molar-refractivity contribution < 1.29 is 18.8 Å². The average molecular weight is 306 g/mol. The van der Waals surface area contributed by atoms with Gasteiger partial charge < -0.3 is 14.0 Å². The number of benzene rings is 1. The third-order valence-corrected chi connectivity index (χ3v) is 3.89.